The highest BCUT2D eigenvalue weighted by molar-refractivity contribution is 5.88. The van der Waals surface area contributed by atoms with E-state index in [0.717, 1.165) is 32.1 Å². The van der Waals surface area contributed by atoms with Crippen LogP contribution in [0.5, 0.6) is 0 Å². The zero-order valence-corrected chi connectivity index (χ0v) is 43.1. The van der Waals surface area contributed by atoms with E-state index in [1.165, 1.54) is 7.11 Å². The summed E-state index contributed by atoms with van der Waals surface area (Å²) >= 11 is 0. The van der Waals surface area contributed by atoms with Crippen LogP contribution in [0.1, 0.15) is 147 Å². The van der Waals surface area contributed by atoms with Crippen molar-refractivity contribution in [3.63, 3.8) is 0 Å². The van der Waals surface area contributed by atoms with Crippen molar-refractivity contribution in [2.45, 2.75) is 231 Å². The largest absolute Gasteiger partial charge is 0.459 e. The number of hydrogen-bond donors (Lipinski definition) is 5. The summed E-state index contributed by atoms with van der Waals surface area (Å²) in [6, 6.07) is -0.293. The minimum absolute atomic E-state index is 0.0240. The van der Waals surface area contributed by atoms with Crippen LogP contribution in [-0.2, 0) is 47.5 Å². The normalized spacial score (nSPS) is 41.7. The molecule has 3 aliphatic heterocycles. The molecule has 0 radical (unpaired) electrons. The van der Waals surface area contributed by atoms with Gasteiger partial charge in [-0.3, -0.25) is 9.59 Å². The van der Waals surface area contributed by atoms with E-state index in [1.54, 1.807) is 41.7 Å². The molecule has 3 fully saturated rings. The van der Waals surface area contributed by atoms with Gasteiger partial charge in [0.15, 0.2) is 12.6 Å². The summed E-state index contributed by atoms with van der Waals surface area (Å²) in [6.07, 6.45) is -2.12. The van der Waals surface area contributed by atoms with Gasteiger partial charge in [-0.1, -0.05) is 65.5 Å². The molecule has 0 bridgehead atoms. The molecule has 1 amide bonds. The number of ether oxygens (including phenoxy) is 8. The van der Waals surface area contributed by atoms with E-state index in [-0.39, 0.29) is 49.6 Å². The summed E-state index contributed by atoms with van der Waals surface area (Å²) in [5, 5.41) is 52.8. The Labute approximate surface area is 396 Å². The molecule has 0 spiro atoms. The van der Waals surface area contributed by atoms with Crippen LogP contribution in [0.15, 0.2) is 5.16 Å². The van der Waals surface area contributed by atoms with E-state index in [0.29, 0.717) is 25.8 Å². The fourth-order valence-electron chi connectivity index (χ4n) is 10.5. The number of aliphatic hydroxyl groups excluding tert-OH is 3. The quantitative estimate of drug-likeness (QED) is 0.0462. The van der Waals surface area contributed by atoms with Gasteiger partial charge in [-0.25, -0.2) is 0 Å². The van der Waals surface area contributed by atoms with E-state index >= 15 is 0 Å². The number of carbonyl (C=O) groups excluding carboxylic acids is 2. The number of nitrogens with one attached hydrogen (secondary N) is 1. The number of methoxy groups -OCH3 is 2. The van der Waals surface area contributed by atoms with Crippen LogP contribution < -0.4 is 5.32 Å². The smallest absolute Gasteiger partial charge is 0.311 e. The maximum atomic E-state index is 14.8. The van der Waals surface area contributed by atoms with Crippen molar-refractivity contribution in [3.8, 4) is 0 Å². The van der Waals surface area contributed by atoms with Gasteiger partial charge in [0.25, 0.3) is 0 Å². The van der Waals surface area contributed by atoms with E-state index in [2.05, 4.69) is 17.4 Å². The highest BCUT2D eigenvalue weighted by Gasteiger charge is 2.54. The second-order valence-corrected chi connectivity index (χ2v) is 20.4. The van der Waals surface area contributed by atoms with Crippen LogP contribution in [0.3, 0.4) is 0 Å². The zero-order chi connectivity index (χ0) is 49.7. The van der Waals surface area contributed by atoms with Crippen LogP contribution in [0.25, 0.3) is 0 Å². The number of amides is 1. The third-order valence-electron chi connectivity index (χ3n) is 15.0. The number of likely N-dealkylation sites (N-methyl/N-ethyl adjacent to an activating group) is 1. The Morgan fingerprint density at radius 2 is 1.52 bits per heavy atom. The number of esters is 1. The molecule has 3 aliphatic rings. The second kappa shape index (κ2) is 26.3. The first-order valence-corrected chi connectivity index (χ1v) is 24.7. The monoisotopic (exact) mass is 946 g/mol. The first-order valence-electron chi connectivity index (χ1n) is 24.7. The topological polar surface area (TPSA) is 217 Å². The van der Waals surface area contributed by atoms with Crippen LogP contribution in [0.4, 0.5) is 0 Å². The fourth-order valence-corrected chi connectivity index (χ4v) is 10.5. The number of hydrogen-bond acceptors (Lipinski definition) is 16. The van der Waals surface area contributed by atoms with Gasteiger partial charge in [0.05, 0.1) is 53.4 Å². The molecule has 18 atom stereocenters. The number of aliphatic hydroxyl groups is 3. The highest BCUT2D eigenvalue weighted by atomic mass is 16.7. The van der Waals surface area contributed by atoms with Gasteiger partial charge < -0.3 is 68.6 Å². The number of cyclic esters (lactones) is 1. The number of unbranched alkanes of at least 4 members (excludes halogenated alkanes) is 4. The molecule has 3 saturated heterocycles. The molecule has 0 unspecified atom stereocenters. The lowest BCUT2D eigenvalue weighted by molar-refractivity contribution is -0.319. The molecule has 0 saturated carbocycles. The highest BCUT2D eigenvalue weighted by Crippen LogP contribution is 2.42. The summed E-state index contributed by atoms with van der Waals surface area (Å²) < 4.78 is 51.7. The van der Waals surface area contributed by atoms with Crippen molar-refractivity contribution < 1.29 is 68.0 Å². The lowest BCUT2D eigenvalue weighted by atomic mass is 9.73. The van der Waals surface area contributed by atoms with Gasteiger partial charge in [0.2, 0.25) is 5.91 Å². The van der Waals surface area contributed by atoms with Crippen molar-refractivity contribution in [2.24, 2.45) is 28.8 Å². The molecule has 3 rings (SSSR count). The average molecular weight is 946 g/mol. The maximum absolute atomic E-state index is 14.8. The van der Waals surface area contributed by atoms with Crippen molar-refractivity contribution in [1.82, 2.24) is 10.2 Å². The van der Waals surface area contributed by atoms with Crippen LogP contribution in [0.2, 0.25) is 0 Å². The molecule has 0 aliphatic carbocycles. The molecule has 17 heteroatoms. The lowest BCUT2D eigenvalue weighted by Crippen LogP contribution is -2.61. The summed E-state index contributed by atoms with van der Waals surface area (Å²) in [4.78, 5) is 29.4. The van der Waals surface area contributed by atoms with E-state index in [1.807, 2.05) is 53.6 Å². The average Bonchev–Trinajstić information content (AvgIpc) is 3.27. The van der Waals surface area contributed by atoms with E-state index in [4.69, 9.17) is 37.9 Å². The molecule has 386 valence electrons. The Balaban J connectivity index is 2.13. The minimum Gasteiger partial charge on any atom is -0.459 e. The molecule has 0 aromatic heterocycles. The van der Waals surface area contributed by atoms with Gasteiger partial charge in [0, 0.05) is 64.0 Å². The summed E-state index contributed by atoms with van der Waals surface area (Å²) in [6.45, 7) is 20.7. The molecule has 66 heavy (non-hydrogen) atoms. The molecule has 3 heterocycles. The van der Waals surface area contributed by atoms with Crippen LogP contribution in [0, 0.1) is 23.7 Å². The number of rotatable bonds is 19. The predicted molar refractivity (Wildman–Crippen MR) is 250 cm³/mol. The SMILES string of the molecule is CCCCCCCC(=O)NCCCO[C@@]1(C)[C@H](O)[C@@H](C)/C(=N/O)[C@H](C)C[C@@](C)(OC)[C@H](O[C@@H]2O[C@H](C)C[C@H](N(C)C)[C@H]2O)[C@@H](C)[C@H](O[C@H]2C[C@@](C)(OC)[C@@H](O)[C@H](C)O2)[C@@H](C)C(=O)O[C@@H]1CC. The fraction of sp³-hybridized carbons (Fsp3) is 0.939. The second-order valence-electron chi connectivity index (χ2n) is 20.4. The first kappa shape index (κ1) is 58.3. The van der Waals surface area contributed by atoms with Gasteiger partial charge in [-0.15, -0.1) is 0 Å². The zero-order valence-electron chi connectivity index (χ0n) is 43.1. The summed E-state index contributed by atoms with van der Waals surface area (Å²) in [5.74, 6) is -3.74. The Bertz CT molecular complexity index is 1510. The van der Waals surface area contributed by atoms with E-state index in [9.17, 15) is 30.1 Å². The minimum atomic E-state index is -1.52. The maximum Gasteiger partial charge on any atom is 0.311 e. The van der Waals surface area contributed by atoms with Gasteiger partial charge >= 0.3 is 5.97 Å². The van der Waals surface area contributed by atoms with Crippen molar-refractivity contribution in [3.05, 3.63) is 0 Å². The molecular formula is C49H91N3O14. The van der Waals surface area contributed by atoms with Crippen molar-refractivity contribution in [1.29, 1.82) is 0 Å². The van der Waals surface area contributed by atoms with Crippen molar-refractivity contribution >= 4 is 17.6 Å². The predicted octanol–water partition coefficient (Wildman–Crippen LogP) is 5.59. The lowest BCUT2D eigenvalue weighted by Gasteiger charge is -2.50. The van der Waals surface area contributed by atoms with Gasteiger partial charge in [-0.2, -0.15) is 0 Å². The standard InChI is InChI=1S/C49H91N3O14/c1-16-18-19-20-21-23-37(53)50-24-22-25-61-49(11)36(17-2)64-45(57)33(7)41(65-38-28-47(9,59-14)43(56)34(8)63-38)32(6)44(66-46-40(54)35(52(12)13)26-30(4)62-46)48(10,60-15)27-29(3)39(51-58)31(5)42(49)55/h29-36,38,40-44,46,54-56,58H,16-28H2,1-15H3,(H,50,53)/b51-39+/t29-,30-,31+,32+,33-,34+,35+,36-,38+,40-,41+,42-,43+,44-,46+,47-,48-,49-/m1/s1. The molecule has 0 aromatic rings. The summed E-state index contributed by atoms with van der Waals surface area (Å²) in [7, 11) is 6.85. The number of carbonyl (C=O) groups is 2. The van der Waals surface area contributed by atoms with Crippen molar-refractivity contribution in [2.75, 3.05) is 41.5 Å². The molecule has 5 N–H and O–H groups in total. The Kier molecular flexibility index (Phi) is 23.2. The van der Waals surface area contributed by atoms with Crippen LogP contribution in [-0.4, -0.2) is 169 Å². The third kappa shape index (κ3) is 14.5. The molecule has 17 nitrogen and oxygen atoms in total. The number of nitrogens with zero attached hydrogens (tertiary/aromatic N) is 2. The third-order valence-corrected chi connectivity index (χ3v) is 15.0. The Morgan fingerprint density at radius 3 is 2.11 bits per heavy atom. The first-order chi connectivity index (χ1) is 31.0. The van der Waals surface area contributed by atoms with Crippen LogP contribution >= 0.6 is 0 Å². The molecular weight excluding hydrogens is 855 g/mol. The van der Waals surface area contributed by atoms with Gasteiger partial charge in [-0.05, 0) is 87.7 Å². The Hall–Kier alpha value is -2.03. The molecule has 0 aromatic carbocycles. The Morgan fingerprint density at radius 1 is 0.864 bits per heavy atom. The van der Waals surface area contributed by atoms with E-state index < -0.39 is 102 Å². The summed E-state index contributed by atoms with van der Waals surface area (Å²) in [5.41, 5.74) is -3.54. The van der Waals surface area contributed by atoms with Gasteiger partial charge in [0.1, 0.15) is 23.9 Å². The number of oxime groups is 1.